The van der Waals surface area contributed by atoms with Gasteiger partial charge in [0.05, 0.1) is 11.4 Å². The summed E-state index contributed by atoms with van der Waals surface area (Å²) in [5, 5.41) is 4.05. The minimum absolute atomic E-state index is 0.921. The molecule has 2 aliphatic rings. The first-order valence-corrected chi connectivity index (χ1v) is 4.23. The van der Waals surface area contributed by atoms with Crippen LogP contribution >= 0.6 is 0 Å². The van der Waals surface area contributed by atoms with Crippen molar-refractivity contribution in [2.75, 3.05) is 0 Å². The topological polar surface area (TPSA) is 26.5 Å². The zero-order chi connectivity index (χ0) is 7.84. The molecule has 0 N–H and O–H groups in total. The average Bonchev–Trinajstić information content (AvgIpc) is 2.74. The third-order valence-electron chi connectivity index (χ3n) is 2.48. The van der Waals surface area contributed by atoms with Crippen LogP contribution in [0.5, 0.6) is 0 Å². The SMILES string of the molecule is CC1=N[N]C(CC2CC2)=C1C. The van der Waals surface area contributed by atoms with Crippen LogP contribution in [0.2, 0.25) is 0 Å². The summed E-state index contributed by atoms with van der Waals surface area (Å²) in [5.74, 6) is 0.921. The lowest BCUT2D eigenvalue weighted by Crippen LogP contribution is -1.95. The molecule has 0 aromatic rings. The summed E-state index contributed by atoms with van der Waals surface area (Å²) in [5.41, 5.74) is 7.77. The molecule has 1 radical (unpaired) electrons. The van der Waals surface area contributed by atoms with Crippen molar-refractivity contribution < 1.29 is 0 Å². The van der Waals surface area contributed by atoms with Crippen molar-refractivity contribution in [3.05, 3.63) is 11.3 Å². The van der Waals surface area contributed by atoms with Gasteiger partial charge in [0.25, 0.3) is 0 Å². The van der Waals surface area contributed by atoms with E-state index in [-0.39, 0.29) is 0 Å². The molecule has 0 bridgehead atoms. The van der Waals surface area contributed by atoms with Crippen LogP contribution in [0.4, 0.5) is 0 Å². The summed E-state index contributed by atoms with van der Waals surface area (Å²) in [6.07, 6.45) is 3.95. The minimum Gasteiger partial charge on any atom is -0.155 e. The highest BCUT2D eigenvalue weighted by atomic mass is 15.3. The molecule has 11 heavy (non-hydrogen) atoms. The van der Waals surface area contributed by atoms with Crippen LogP contribution < -0.4 is 5.43 Å². The van der Waals surface area contributed by atoms with Gasteiger partial charge in [-0.1, -0.05) is 0 Å². The summed E-state index contributed by atoms with van der Waals surface area (Å²) < 4.78 is 0. The molecule has 1 aliphatic carbocycles. The van der Waals surface area contributed by atoms with Gasteiger partial charge in [-0.2, -0.15) is 10.5 Å². The Morgan fingerprint density at radius 2 is 2.09 bits per heavy atom. The van der Waals surface area contributed by atoms with Crippen molar-refractivity contribution >= 4 is 5.71 Å². The van der Waals surface area contributed by atoms with E-state index in [4.69, 9.17) is 0 Å². The van der Waals surface area contributed by atoms with Crippen LogP contribution in [-0.4, -0.2) is 5.71 Å². The van der Waals surface area contributed by atoms with Gasteiger partial charge >= 0.3 is 0 Å². The lowest BCUT2D eigenvalue weighted by molar-refractivity contribution is 0.730. The highest BCUT2D eigenvalue weighted by Gasteiger charge is 2.25. The Morgan fingerprint density at radius 3 is 2.55 bits per heavy atom. The van der Waals surface area contributed by atoms with Gasteiger partial charge in [-0.05, 0) is 44.6 Å². The molecule has 1 saturated carbocycles. The molecule has 2 heteroatoms. The molecule has 0 amide bonds. The zero-order valence-electron chi connectivity index (χ0n) is 7.09. The molecule has 2 rings (SSSR count). The highest BCUT2D eigenvalue weighted by Crippen LogP contribution is 2.36. The molecule has 2 nitrogen and oxygen atoms in total. The van der Waals surface area contributed by atoms with Gasteiger partial charge in [-0.3, -0.25) is 0 Å². The predicted molar refractivity (Wildman–Crippen MR) is 45.3 cm³/mol. The lowest BCUT2D eigenvalue weighted by Gasteiger charge is -1.98. The fraction of sp³-hybridized carbons (Fsp3) is 0.667. The van der Waals surface area contributed by atoms with E-state index in [1.54, 1.807) is 0 Å². The Kier molecular flexibility index (Phi) is 1.48. The van der Waals surface area contributed by atoms with E-state index in [9.17, 15) is 0 Å². The quantitative estimate of drug-likeness (QED) is 0.574. The van der Waals surface area contributed by atoms with Gasteiger partial charge in [0.2, 0.25) is 0 Å². The third kappa shape index (κ3) is 1.30. The maximum absolute atomic E-state index is 4.15. The Labute approximate surface area is 67.4 Å². The number of allylic oxidation sites excluding steroid dienone is 2. The summed E-state index contributed by atoms with van der Waals surface area (Å²) in [6, 6.07) is 0. The van der Waals surface area contributed by atoms with Gasteiger partial charge in [-0.25, -0.2) is 0 Å². The van der Waals surface area contributed by atoms with Crippen LogP contribution in [0.15, 0.2) is 16.4 Å². The molecule has 0 unspecified atom stereocenters. The van der Waals surface area contributed by atoms with Gasteiger partial charge in [0.1, 0.15) is 0 Å². The Balaban J connectivity index is 2.03. The Morgan fingerprint density at radius 1 is 1.36 bits per heavy atom. The van der Waals surface area contributed by atoms with Crippen molar-refractivity contribution in [2.45, 2.75) is 33.1 Å². The smallest absolute Gasteiger partial charge is 0.0681 e. The van der Waals surface area contributed by atoms with Crippen molar-refractivity contribution in [2.24, 2.45) is 11.0 Å². The van der Waals surface area contributed by atoms with Crippen LogP contribution in [0.3, 0.4) is 0 Å². The number of rotatable bonds is 2. The van der Waals surface area contributed by atoms with E-state index in [1.807, 2.05) is 6.92 Å². The Hall–Kier alpha value is -0.790. The molecular weight excluding hydrogens is 136 g/mol. The molecule has 0 aromatic heterocycles. The molecular formula is C9H13N2. The largest absolute Gasteiger partial charge is 0.155 e. The van der Waals surface area contributed by atoms with E-state index < -0.39 is 0 Å². The number of hydrogen-bond donors (Lipinski definition) is 0. The molecule has 0 atom stereocenters. The van der Waals surface area contributed by atoms with Crippen LogP contribution in [0.25, 0.3) is 0 Å². The highest BCUT2D eigenvalue weighted by molar-refractivity contribution is 5.99. The average molecular weight is 149 g/mol. The summed E-state index contributed by atoms with van der Waals surface area (Å²) >= 11 is 0. The first kappa shape index (κ1) is 6.89. The first-order chi connectivity index (χ1) is 5.27. The summed E-state index contributed by atoms with van der Waals surface area (Å²) in [6.45, 7) is 4.14. The van der Waals surface area contributed by atoms with Crippen LogP contribution in [0.1, 0.15) is 33.1 Å². The van der Waals surface area contributed by atoms with Crippen molar-refractivity contribution in [3.8, 4) is 0 Å². The molecule has 0 saturated heterocycles. The van der Waals surface area contributed by atoms with Gasteiger partial charge in [0.15, 0.2) is 0 Å². The van der Waals surface area contributed by atoms with Crippen molar-refractivity contribution in [3.63, 3.8) is 0 Å². The minimum atomic E-state index is 0.921. The summed E-state index contributed by atoms with van der Waals surface area (Å²) in [7, 11) is 0. The fourth-order valence-electron chi connectivity index (χ4n) is 1.28. The predicted octanol–water partition coefficient (Wildman–Crippen LogP) is 2.05. The number of nitrogens with zero attached hydrogens (tertiary/aromatic N) is 2. The molecule has 1 heterocycles. The molecule has 1 aliphatic heterocycles. The zero-order valence-corrected chi connectivity index (χ0v) is 7.09. The van der Waals surface area contributed by atoms with E-state index in [1.165, 1.54) is 24.1 Å². The first-order valence-electron chi connectivity index (χ1n) is 4.23. The molecule has 0 aromatic carbocycles. The third-order valence-corrected chi connectivity index (χ3v) is 2.48. The second-order valence-electron chi connectivity index (χ2n) is 3.50. The summed E-state index contributed by atoms with van der Waals surface area (Å²) in [4.78, 5) is 0. The van der Waals surface area contributed by atoms with Crippen molar-refractivity contribution in [1.82, 2.24) is 5.43 Å². The monoisotopic (exact) mass is 149 g/mol. The van der Waals surface area contributed by atoms with Gasteiger partial charge < -0.3 is 0 Å². The van der Waals surface area contributed by atoms with E-state index in [2.05, 4.69) is 17.5 Å². The lowest BCUT2D eigenvalue weighted by atomic mass is 10.1. The maximum atomic E-state index is 4.15. The van der Waals surface area contributed by atoms with E-state index in [0.717, 1.165) is 18.1 Å². The fourth-order valence-corrected chi connectivity index (χ4v) is 1.28. The van der Waals surface area contributed by atoms with Crippen molar-refractivity contribution in [1.29, 1.82) is 0 Å². The molecule has 0 spiro atoms. The standard InChI is InChI=1S/C9H13N2/c1-6-7(2)10-11-9(6)5-8-3-4-8/h8H,3-5H2,1-2H3. The second-order valence-corrected chi connectivity index (χ2v) is 3.50. The normalized spacial score (nSPS) is 23.6. The molecule has 59 valence electrons. The molecule has 1 fully saturated rings. The number of hydrogen-bond acceptors (Lipinski definition) is 1. The van der Waals surface area contributed by atoms with Crippen LogP contribution in [-0.2, 0) is 0 Å². The maximum Gasteiger partial charge on any atom is 0.0681 e. The second kappa shape index (κ2) is 2.36. The Bertz CT molecular complexity index is 234. The van der Waals surface area contributed by atoms with Gasteiger partial charge in [-0.15, -0.1) is 0 Å². The van der Waals surface area contributed by atoms with Crippen LogP contribution in [0, 0.1) is 5.92 Å². The van der Waals surface area contributed by atoms with E-state index in [0.29, 0.717) is 0 Å². The van der Waals surface area contributed by atoms with E-state index >= 15 is 0 Å². The van der Waals surface area contributed by atoms with Gasteiger partial charge in [0, 0.05) is 0 Å².